The number of ether oxygens (including phenoxy) is 4. The zero-order chi connectivity index (χ0) is 66.2. The summed E-state index contributed by atoms with van der Waals surface area (Å²) in [5.74, 6) is -6.58. The lowest BCUT2D eigenvalue weighted by Gasteiger charge is -2.42. The van der Waals surface area contributed by atoms with E-state index in [1.165, 1.54) is 49.3 Å². The summed E-state index contributed by atoms with van der Waals surface area (Å²) in [6, 6.07) is 16.5. The van der Waals surface area contributed by atoms with E-state index in [2.05, 4.69) is 26.6 Å². The summed E-state index contributed by atoms with van der Waals surface area (Å²) >= 11 is 0. The number of imide groups is 1. The first-order valence-corrected chi connectivity index (χ1v) is 30.8. The smallest absolute Gasteiger partial charge is 0.407 e. The number of hydrogen-bond donors (Lipinski definition) is 11. The van der Waals surface area contributed by atoms with Crippen molar-refractivity contribution in [2.75, 3.05) is 38.7 Å². The van der Waals surface area contributed by atoms with Crippen molar-refractivity contribution in [3.05, 3.63) is 129 Å². The minimum atomic E-state index is -2.42. The summed E-state index contributed by atoms with van der Waals surface area (Å²) < 4.78 is 23.1. The number of aliphatic hydroxyl groups is 3. The van der Waals surface area contributed by atoms with Gasteiger partial charge in [-0.3, -0.25) is 48.1 Å². The molecule has 6 unspecified atom stereocenters. The van der Waals surface area contributed by atoms with E-state index in [0.717, 1.165) is 5.56 Å². The molecule has 26 nitrogen and oxygen atoms in total. The first-order valence-electron chi connectivity index (χ1n) is 30.8. The van der Waals surface area contributed by atoms with Gasteiger partial charge in [0.05, 0.1) is 42.0 Å². The average Bonchev–Trinajstić information content (AvgIpc) is 0.738. The number of carbonyl (C=O) groups excluding carboxylic acids is 10. The molecule has 7 amide bonds. The van der Waals surface area contributed by atoms with Crippen molar-refractivity contribution < 1.29 is 92.4 Å². The summed E-state index contributed by atoms with van der Waals surface area (Å²) in [7, 11) is 1.29. The van der Waals surface area contributed by atoms with Crippen molar-refractivity contribution in [3.63, 3.8) is 0 Å². The van der Waals surface area contributed by atoms with Crippen molar-refractivity contribution in [2.45, 2.75) is 158 Å². The zero-order valence-electron chi connectivity index (χ0n) is 51.2. The Balaban J connectivity index is 0.829. The molecule has 0 spiro atoms. The first-order chi connectivity index (χ1) is 44.1. The second-order valence-electron chi connectivity index (χ2n) is 23.3. The number of fused-ring (bicyclic) bond motifs is 3. The molecule has 2 aliphatic heterocycles. The van der Waals surface area contributed by atoms with Gasteiger partial charge < -0.3 is 76.8 Å². The molecule has 92 heavy (non-hydrogen) atoms. The Hall–Kier alpha value is -8.92. The number of nitrogens with two attached hydrogens (primary N) is 1. The molecule has 4 aromatic carbocycles. The predicted octanol–water partition coefficient (Wildman–Crippen LogP) is 3.41. The van der Waals surface area contributed by atoms with Crippen LogP contribution in [-0.2, 0) is 67.2 Å². The van der Waals surface area contributed by atoms with Crippen LogP contribution in [0.5, 0.6) is 17.2 Å². The van der Waals surface area contributed by atoms with Gasteiger partial charge in [0.2, 0.25) is 29.4 Å². The Morgan fingerprint density at radius 2 is 1.46 bits per heavy atom. The fourth-order valence-electron chi connectivity index (χ4n) is 11.8. The normalized spacial score (nSPS) is 20.5. The summed E-state index contributed by atoms with van der Waals surface area (Å²) in [6.45, 7) is 1.16. The topological polar surface area (TPSA) is 398 Å². The lowest BCUT2D eigenvalue weighted by Crippen LogP contribution is -2.56. The number of anilines is 1. The Morgan fingerprint density at radius 3 is 2.15 bits per heavy atom. The van der Waals surface area contributed by atoms with Crippen molar-refractivity contribution in [3.8, 4) is 17.2 Å². The maximum atomic E-state index is 14.1. The van der Waals surface area contributed by atoms with Gasteiger partial charge in [-0.2, -0.15) is 0 Å². The predicted molar refractivity (Wildman–Crippen MR) is 329 cm³/mol. The number of hydrogen-bond acceptors (Lipinski definition) is 20. The number of phenolic OH excluding ortho intramolecular Hbond substituents is 2. The van der Waals surface area contributed by atoms with Crippen LogP contribution in [-0.4, -0.2) is 165 Å². The van der Waals surface area contributed by atoms with E-state index in [1.807, 2.05) is 30.3 Å². The minimum absolute atomic E-state index is 0.0243. The number of aliphatic hydroxyl groups excluding tert-OH is 2. The number of Topliss-reactive ketones (excluding diaryl/α,β-unsaturated/α-hetero) is 1. The van der Waals surface area contributed by atoms with Gasteiger partial charge in [0, 0.05) is 86.1 Å². The number of unbranched alkanes of at least 4 members (excludes halogenated alkanes) is 5. The molecule has 1 saturated heterocycles. The number of nitrogens with zero attached hydrogens (tertiary/aromatic N) is 1. The second-order valence-corrected chi connectivity index (χ2v) is 23.3. The van der Waals surface area contributed by atoms with Gasteiger partial charge in [0.15, 0.2) is 17.9 Å². The van der Waals surface area contributed by atoms with E-state index in [9.17, 15) is 73.5 Å². The highest BCUT2D eigenvalue weighted by Crippen LogP contribution is 2.52. The third-order valence-electron chi connectivity index (χ3n) is 16.8. The molecular weight excluding hydrogens is 1190 g/mol. The van der Waals surface area contributed by atoms with Gasteiger partial charge in [0.1, 0.15) is 54.3 Å². The molecule has 4 aromatic rings. The molecule has 8 rings (SSSR count). The molecular formula is C66H79N7O19. The lowest BCUT2D eigenvalue weighted by molar-refractivity contribution is -0.249. The Morgan fingerprint density at radius 1 is 0.761 bits per heavy atom. The Bertz CT molecular complexity index is 3420. The highest BCUT2D eigenvalue weighted by atomic mass is 16.7. The SMILES string of the molecule is COc1cccc2c1C(=O)c1c(O)c3c(c(O)c1C2=O)C[C@@](O)(C(=O)CO)CC3OC1CC(NC(=O)OCc2ccc(NC(=O)C(CCCCN)NC(=O)[C@H](Cc3ccccc3)NC(=O)CCCCCNC(=O)CCCCCN3C(=O)C=CC3=O)cc2)C(O)C(C)O1. The summed E-state index contributed by atoms with van der Waals surface area (Å²) in [5, 5.41) is 70.4. The lowest BCUT2D eigenvalue weighted by atomic mass is 9.72. The van der Waals surface area contributed by atoms with E-state index in [0.29, 0.717) is 88.7 Å². The number of alkyl carbamates (subject to hydrolysis) is 1. The highest BCUT2D eigenvalue weighted by molar-refractivity contribution is 6.31. The number of amides is 7. The molecule has 8 atom stereocenters. The van der Waals surface area contributed by atoms with Crippen molar-refractivity contribution in [2.24, 2.45) is 5.73 Å². The molecule has 2 aliphatic carbocycles. The van der Waals surface area contributed by atoms with Gasteiger partial charge in [-0.25, -0.2) is 4.79 Å². The van der Waals surface area contributed by atoms with Crippen molar-refractivity contribution in [1.29, 1.82) is 0 Å². The van der Waals surface area contributed by atoms with Gasteiger partial charge in [-0.1, -0.05) is 67.4 Å². The number of ketones is 3. The van der Waals surface area contributed by atoms with Crippen LogP contribution in [0.3, 0.4) is 0 Å². The van der Waals surface area contributed by atoms with E-state index >= 15 is 0 Å². The minimum Gasteiger partial charge on any atom is -0.507 e. The molecule has 12 N–H and O–H groups in total. The van der Waals surface area contributed by atoms with Crippen LogP contribution in [0.2, 0.25) is 0 Å². The molecule has 0 aromatic heterocycles. The second kappa shape index (κ2) is 31.9. The number of phenols is 2. The molecule has 2 heterocycles. The molecule has 0 saturated carbocycles. The standard InChI is InChI=1S/C66H79N7O19/c1-37-58(80)44(32-53(91-37)92-47-34-66(88,48(75)35-74)33-42-55(47)62(84)57-56(60(42)82)59(81)41-17-14-19-46(89-2)54(41)61(57)83)72-65(87)90-36-39-22-24-40(25-23-39)69-63(85)43(18-10-11-28-67)71-64(86)45(31-38-15-6-3-7-16-38)70-50(77)21-8-4-12-29-68-49(76)20-9-5-13-30-73-51(78)26-27-52(73)79/h3,6-7,14-17,19,22-27,37,43-45,47,53,58,74,80,82,84,88H,4-5,8-13,18,20-21,28-36,67H2,1-2H3,(H,68,76)(H,69,85)(H,70,77)(H,71,86)(H,72,87)/t37?,43?,44?,45-,47?,53?,58?,66-/m0/s1. The van der Waals surface area contributed by atoms with Crippen LogP contribution in [0, 0.1) is 0 Å². The van der Waals surface area contributed by atoms with E-state index < -0.39 is 126 Å². The number of nitrogens with one attached hydrogen (secondary N) is 5. The molecule has 1 fully saturated rings. The maximum absolute atomic E-state index is 14.1. The zero-order valence-corrected chi connectivity index (χ0v) is 51.2. The van der Waals surface area contributed by atoms with Crippen LogP contribution in [0.4, 0.5) is 10.5 Å². The summed E-state index contributed by atoms with van der Waals surface area (Å²) in [4.78, 5) is 133. The summed E-state index contributed by atoms with van der Waals surface area (Å²) in [5.41, 5.74) is 2.98. The fourth-order valence-corrected chi connectivity index (χ4v) is 11.8. The number of aromatic hydroxyl groups is 2. The fraction of sp³-hybridized carbons (Fsp3) is 0.455. The molecule has 492 valence electrons. The van der Waals surface area contributed by atoms with Crippen LogP contribution in [0.25, 0.3) is 0 Å². The number of carbonyl (C=O) groups is 10. The van der Waals surface area contributed by atoms with E-state index in [4.69, 9.17) is 24.7 Å². The van der Waals surface area contributed by atoms with Crippen LogP contribution < -0.4 is 37.1 Å². The number of methoxy groups -OCH3 is 1. The summed E-state index contributed by atoms with van der Waals surface area (Å²) in [6.07, 6.45) is 0.107. The van der Waals surface area contributed by atoms with Crippen LogP contribution in [0.15, 0.2) is 84.9 Å². The van der Waals surface area contributed by atoms with Crippen LogP contribution >= 0.6 is 0 Å². The highest BCUT2D eigenvalue weighted by Gasteiger charge is 2.50. The quantitative estimate of drug-likeness (QED) is 0.0172. The van der Waals surface area contributed by atoms with Gasteiger partial charge >= 0.3 is 6.09 Å². The third-order valence-corrected chi connectivity index (χ3v) is 16.8. The van der Waals surface area contributed by atoms with Crippen LogP contribution in [0.1, 0.15) is 151 Å². The first kappa shape index (κ1) is 69.0. The average molecular weight is 1270 g/mol. The van der Waals surface area contributed by atoms with Gasteiger partial charge in [0.25, 0.3) is 11.8 Å². The van der Waals surface area contributed by atoms with E-state index in [-0.39, 0.29) is 83.9 Å². The van der Waals surface area contributed by atoms with Gasteiger partial charge in [-0.15, -0.1) is 0 Å². The van der Waals surface area contributed by atoms with Crippen molar-refractivity contribution >= 4 is 64.6 Å². The van der Waals surface area contributed by atoms with Crippen molar-refractivity contribution in [1.82, 2.24) is 26.2 Å². The molecule has 4 aliphatic rings. The Kier molecular flexibility index (Phi) is 23.9. The van der Waals surface area contributed by atoms with E-state index in [1.54, 1.807) is 24.3 Å². The number of benzene rings is 4. The molecule has 0 radical (unpaired) electrons. The molecule has 26 heteroatoms. The van der Waals surface area contributed by atoms with Gasteiger partial charge in [-0.05, 0) is 87.7 Å². The molecule has 0 bridgehead atoms. The Labute approximate surface area is 530 Å². The monoisotopic (exact) mass is 1270 g/mol. The largest absolute Gasteiger partial charge is 0.507 e. The third kappa shape index (κ3) is 17.0. The number of rotatable bonds is 31. The maximum Gasteiger partial charge on any atom is 0.407 e.